The highest BCUT2D eigenvalue weighted by Gasteiger charge is 2.28. The molecule has 1 rings (SSSR count). The zero-order valence-corrected chi connectivity index (χ0v) is 22.3. The lowest BCUT2D eigenvalue weighted by Crippen LogP contribution is -2.47. The zero-order valence-electron chi connectivity index (χ0n) is 19.9. The van der Waals surface area contributed by atoms with Crippen LogP contribution < -0.4 is 10.6 Å². The van der Waals surface area contributed by atoms with E-state index in [0.29, 0.717) is 19.0 Å². The molecule has 1 heterocycles. The average Bonchev–Trinajstić information content (AvgIpc) is 2.68. The Morgan fingerprint density at radius 2 is 1.87 bits per heavy atom. The van der Waals surface area contributed by atoms with Gasteiger partial charge in [-0.25, -0.2) is 4.79 Å². The molecule has 30 heavy (non-hydrogen) atoms. The lowest BCUT2D eigenvalue weighted by atomic mass is 9.79. The molecule has 3 N–H and O–H groups in total. The summed E-state index contributed by atoms with van der Waals surface area (Å²) in [7, 11) is 0. The number of aliphatic hydroxyl groups is 1. The molecule has 0 radical (unpaired) electrons. The smallest absolute Gasteiger partial charge is 0.410 e. The molecule has 1 atom stereocenters. The lowest BCUT2D eigenvalue weighted by Gasteiger charge is -2.34. The molecule has 0 aromatic rings. The SMILES string of the molecule is CCNC(=NCC(CC)(CC)CCO)NCC1CCCN(C(=O)OC(C)(C)C)C1.I. The largest absolute Gasteiger partial charge is 0.444 e. The van der Waals surface area contributed by atoms with Crippen molar-refractivity contribution in [2.45, 2.75) is 79.2 Å². The maximum atomic E-state index is 12.4. The molecule has 0 aliphatic carbocycles. The molecule has 8 heteroatoms. The molecule has 0 aromatic carbocycles. The van der Waals surface area contributed by atoms with Crippen molar-refractivity contribution in [3.8, 4) is 0 Å². The van der Waals surface area contributed by atoms with Crippen LogP contribution in [0.2, 0.25) is 0 Å². The van der Waals surface area contributed by atoms with Crippen LogP contribution >= 0.6 is 24.0 Å². The molecule has 0 bridgehead atoms. The molecule has 178 valence electrons. The number of carbonyl (C=O) groups excluding carboxylic acids is 1. The van der Waals surface area contributed by atoms with Crippen molar-refractivity contribution in [3.63, 3.8) is 0 Å². The molecular weight excluding hydrogens is 495 g/mol. The number of likely N-dealkylation sites (tertiary alicyclic amines) is 1. The van der Waals surface area contributed by atoms with E-state index in [2.05, 4.69) is 31.4 Å². The molecular formula is C22H45IN4O3. The third-order valence-corrected chi connectivity index (χ3v) is 5.79. The molecule has 7 nitrogen and oxygen atoms in total. The summed E-state index contributed by atoms with van der Waals surface area (Å²) in [5.41, 5.74) is -0.414. The number of piperidine rings is 1. The summed E-state index contributed by atoms with van der Waals surface area (Å²) < 4.78 is 5.52. The summed E-state index contributed by atoms with van der Waals surface area (Å²) in [5, 5.41) is 16.2. The van der Waals surface area contributed by atoms with Crippen molar-refractivity contribution in [2.75, 3.05) is 39.3 Å². The number of carbonyl (C=O) groups is 1. The van der Waals surface area contributed by atoms with Crippen molar-refractivity contribution in [1.29, 1.82) is 0 Å². The van der Waals surface area contributed by atoms with Gasteiger partial charge >= 0.3 is 6.09 Å². The Hall–Kier alpha value is -0.770. The van der Waals surface area contributed by atoms with Gasteiger partial charge in [0.2, 0.25) is 0 Å². The van der Waals surface area contributed by atoms with E-state index in [-0.39, 0.29) is 42.1 Å². The predicted octanol–water partition coefficient (Wildman–Crippen LogP) is 4.00. The molecule has 1 aliphatic rings. The molecule has 1 amide bonds. The third-order valence-electron chi connectivity index (χ3n) is 5.79. The number of hydrogen-bond acceptors (Lipinski definition) is 4. The summed E-state index contributed by atoms with van der Waals surface area (Å²) in [6.07, 6.45) is 4.63. The Labute approximate surface area is 200 Å². The van der Waals surface area contributed by atoms with E-state index in [4.69, 9.17) is 9.73 Å². The Bertz CT molecular complexity index is 519. The minimum Gasteiger partial charge on any atom is -0.444 e. The van der Waals surface area contributed by atoms with Crippen molar-refractivity contribution in [3.05, 3.63) is 0 Å². The van der Waals surface area contributed by atoms with Crippen molar-refractivity contribution >= 4 is 36.0 Å². The first-order valence-electron chi connectivity index (χ1n) is 11.3. The van der Waals surface area contributed by atoms with Gasteiger partial charge in [0.25, 0.3) is 0 Å². The van der Waals surface area contributed by atoms with Crippen LogP contribution in [0.4, 0.5) is 4.79 Å². The second-order valence-corrected chi connectivity index (χ2v) is 9.19. The number of ether oxygens (including phenoxy) is 1. The van der Waals surface area contributed by atoms with Crippen LogP contribution in [0.15, 0.2) is 4.99 Å². The standard InChI is InChI=1S/C22H44N4O3.HI/c1-7-22(8-2,12-14-27)17-25-19(23-9-3)24-15-18-11-10-13-26(16-18)20(28)29-21(4,5)6;/h18,27H,7-17H2,1-6H3,(H2,23,24,25);1H. The topological polar surface area (TPSA) is 86.2 Å². The fraction of sp³-hybridized carbons (Fsp3) is 0.909. The van der Waals surface area contributed by atoms with E-state index in [1.165, 1.54) is 0 Å². The van der Waals surface area contributed by atoms with Crippen molar-refractivity contribution in [2.24, 2.45) is 16.3 Å². The summed E-state index contributed by atoms with van der Waals surface area (Å²) in [6.45, 7) is 16.0. The first-order valence-corrected chi connectivity index (χ1v) is 11.3. The number of amides is 1. The van der Waals surface area contributed by atoms with Gasteiger partial charge in [-0.2, -0.15) is 0 Å². The van der Waals surface area contributed by atoms with Gasteiger partial charge in [-0.3, -0.25) is 4.99 Å². The molecule has 0 spiro atoms. The van der Waals surface area contributed by atoms with Crippen molar-refractivity contribution < 1.29 is 14.6 Å². The van der Waals surface area contributed by atoms with Gasteiger partial charge < -0.3 is 25.4 Å². The normalized spacial score (nSPS) is 17.9. The first kappa shape index (κ1) is 29.2. The zero-order chi connectivity index (χ0) is 21.9. The van der Waals surface area contributed by atoms with Crippen LogP contribution in [0.25, 0.3) is 0 Å². The minimum absolute atomic E-state index is 0. The number of nitrogens with one attached hydrogen (secondary N) is 2. The Balaban J connectivity index is 0.00000841. The average molecular weight is 541 g/mol. The number of rotatable bonds is 9. The molecule has 0 saturated carbocycles. The molecule has 1 saturated heterocycles. The van der Waals surface area contributed by atoms with E-state index >= 15 is 0 Å². The highest BCUT2D eigenvalue weighted by Crippen LogP contribution is 2.30. The number of hydrogen-bond donors (Lipinski definition) is 3. The van der Waals surface area contributed by atoms with E-state index < -0.39 is 5.60 Å². The van der Waals surface area contributed by atoms with Gasteiger partial charge in [0.15, 0.2) is 5.96 Å². The Kier molecular flexibility index (Phi) is 14.0. The highest BCUT2D eigenvalue weighted by molar-refractivity contribution is 14.0. The van der Waals surface area contributed by atoms with Crippen LogP contribution in [0.3, 0.4) is 0 Å². The minimum atomic E-state index is -0.466. The lowest BCUT2D eigenvalue weighted by molar-refractivity contribution is 0.0168. The van der Waals surface area contributed by atoms with Crippen LogP contribution in [0.5, 0.6) is 0 Å². The van der Waals surface area contributed by atoms with Crippen LogP contribution in [-0.2, 0) is 4.74 Å². The summed E-state index contributed by atoms with van der Waals surface area (Å²) in [6, 6.07) is 0. The van der Waals surface area contributed by atoms with Gasteiger partial charge in [-0.05, 0) is 71.1 Å². The van der Waals surface area contributed by atoms with Gasteiger partial charge in [0.05, 0.1) is 0 Å². The molecule has 1 aliphatic heterocycles. The predicted molar refractivity (Wildman–Crippen MR) is 135 cm³/mol. The third kappa shape index (κ3) is 10.5. The van der Waals surface area contributed by atoms with E-state index in [1.54, 1.807) is 0 Å². The summed E-state index contributed by atoms with van der Waals surface area (Å²) in [4.78, 5) is 19.0. The maximum absolute atomic E-state index is 12.4. The molecule has 1 fully saturated rings. The van der Waals surface area contributed by atoms with E-state index in [0.717, 1.165) is 57.7 Å². The highest BCUT2D eigenvalue weighted by atomic mass is 127. The summed E-state index contributed by atoms with van der Waals surface area (Å²) in [5.74, 6) is 1.19. The van der Waals surface area contributed by atoms with Gasteiger partial charge in [0, 0.05) is 39.3 Å². The van der Waals surface area contributed by atoms with Crippen LogP contribution in [0.1, 0.15) is 73.6 Å². The number of guanidine groups is 1. The number of nitrogens with zero attached hydrogens (tertiary/aromatic N) is 2. The number of halogens is 1. The summed E-state index contributed by atoms with van der Waals surface area (Å²) >= 11 is 0. The number of aliphatic imine (C=N–C) groups is 1. The first-order chi connectivity index (χ1) is 13.7. The van der Waals surface area contributed by atoms with Crippen LogP contribution in [-0.4, -0.2) is 67.0 Å². The second kappa shape index (κ2) is 14.3. The second-order valence-electron chi connectivity index (χ2n) is 9.19. The van der Waals surface area contributed by atoms with Gasteiger partial charge in [-0.1, -0.05) is 13.8 Å². The Morgan fingerprint density at radius 1 is 1.20 bits per heavy atom. The Morgan fingerprint density at radius 3 is 2.40 bits per heavy atom. The molecule has 1 unspecified atom stereocenters. The fourth-order valence-electron chi connectivity index (χ4n) is 3.70. The fourth-order valence-corrected chi connectivity index (χ4v) is 3.70. The van der Waals surface area contributed by atoms with Gasteiger partial charge in [0.1, 0.15) is 5.60 Å². The number of aliphatic hydroxyl groups excluding tert-OH is 1. The molecule has 0 aromatic heterocycles. The maximum Gasteiger partial charge on any atom is 0.410 e. The van der Waals surface area contributed by atoms with Crippen molar-refractivity contribution in [1.82, 2.24) is 15.5 Å². The monoisotopic (exact) mass is 540 g/mol. The van der Waals surface area contributed by atoms with E-state index in [1.807, 2.05) is 25.7 Å². The van der Waals surface area contributed by atoms with Crippen LogP contribution in [0, 0.1) is 11.3 Å². The quantitative estimate of drug-likeness (QED) is 0.234. The van der Waals surface area contributed by atoms with Gasteiger partial charge in [-0.15, -0.1) is 24.0 Å². The van der Waals surface area contributed by atoms with E-state index in [9.17, 15) is 9.90 Å².